The molecule has 1 aromatic heterocycles. The highest BCUT2D eigenvalue weighted by Crippen LogP contribution is 2.15. The summed E-state index contributed by atoms with van der Waals surface area (Å²) in [6.45, 7) is 5.81. The van der Waals surface area contributed by atoms with Gasteiger partial charge >= 0.3 is 0 Å². The number of aromatic nitrogens is 1. The van der Waals surface area contributed by atoms with E-state index in [0.717, 1.165) is 31.0 Å². The van der Waals surface area contributed by atoms with Gasteiger partial charge in [-0.15, -0.1) is 0 Å². The van der Waals surface area contributed by atoms with Gasteiger partial charge < -0.3 is 10.1 Å². The van der Waals surface area contributed by atoms with Crippen LogP contribution >= 0.6 is 0 Å². The molecule has 1 N–H and O–H groups in total. The molecule has 0 radical (unpaired) electrons. The van der Waals surface area contributed by atoms with Crippen molar-refractivity contribution in [2.75, 3.05) is 6.61 Å². The van der Waals surface area contributed by atoms with Gasteiger partial charge in [-0.05, 0) is 43.2 Å². The zero-order valence-electron chi connectivity index (χ0n) is 12.2. The smallest absolute Gasteiger partial charge is 0.119 e. The van der Waals surface area contributed by atoms with Crippen molar-refractivity contribution in [3.05, 3.63) is 59.9 Å². The summed E-state index contributed by atoms with van der Waals surface area (Å²) >= 11 is 0. The fourth-order valence-corrected chi connectivity index (χ4v) is 1.97. The van der Waals surface area contributed by atoms with Gasteiger partial charge in [-0.3, -0.25) is 4.98 Å². The second-order valence-corrected chi connectivity index (χ2v) is 4.85. The minimum absolute atomic E-state index is 0.233. The predicted molar refractivity (Wildman–Crippen MR) is 81.7 cm³/mol. The molecule has 3 heteroatoms. The number of hydrogen-bond donors (Lipinski definition) is 1. The van der Waals surface area contributed by atoms with Crippen molar-refractivity contribution in [1.29, 1.82) is 0 Å². The zero-order chi connectivity index (χ0) is 14.2. The topological polar surface area (TPSA) is 34.1 Å². The highest BCUT2D eigenvalue weighted by atomic mass is 16.5. The van der Waals surface area contributed by atoms with Crippen LogP contribution in [0.2, 0.25) is 0 Å². The van der Waals surface area contributed by atoms with Gasteiger partial charge in [0, 0.05) is 18.8 Å². The van der Waals surface area contributed by atoms with Gasteiger partial charge in [0.15, 0.2) is 0 Å². The summed E-state index contributed by atoms with van der Waals surface area (Å²) in [5.74, 6) is 0.941. The fraction of sp³-hybridized carbons (Fsp3) is 0.353. The van der Waals surface area contributed by atoms with E-state index in [2.05, 4.69) is 36.3 Å². The van der Waals surface area contributed by atoms with Crippen LogP contribution in [-0.2, 0) is 6.54 Å². The Kier molecular flexibility index (Phi) is 5.56. The summed E-state index contributed by atoms with van der Waals surface area (Å²) < 4.78 is 5.65. The Morgan fingerprint density at radius 1 is 1.20 bits per heavy atom. The van der Waals surface area contributed by atoms with Crippen LogP contribution in [0.5, 0.6) is 5.75 Å². The second-order valence-electron chi connectivity index (χ2n) is 4.85. The number of nitrogens with zero attached hydrogens (tertiary/aromatic N) is 1. The third kappa shape index (κ3) is 4.35. The van der Waals surface area contributed by atoms with E-state index in [1.807, 2.05) is 36.5 Å². The molecule has 20 heavy (non-hydrogen) atoms. The molecule has 1 atom stereocenters. The van der Waals surface area contributed by atoms with Gasteiger partial charge in [0.2, 0.25) is 0 Å². The molecule has 0 spiro atoms. The maximum atomic E-state index is 5.65. The molecule has 0 saturated heterocycles. The minimum atomic E-state index is 0.233. The Morgan fingerprint density at radius 3 is 2.85 bits per heavy atom. The molecule has 0 aliphatic carbocycles. The maximum Gasteiger partial charge on any atom is 0.119 e. The number of benzene rings is 1. The molecule has 106 valence electrons. The van der Waals surface area contributed by atoms with Crippen LogP contribution in [0, 0.1) is 0 Å². The van der Waals surface area contributed by atoms with Gasteiger partial charge in [0.05, 0.1) is 12.3 Å². The Balaban J connectivity index is 1.90. The zero-order valence-corrected chi connectivity index (χ0v) is 12.2. The first-order valence-corrected chi connectivity index (χ1v) is 7.15. The lowest BCUT2D eigenvalue weighted by Crippen LogP contribution is -2.18. The number of nitrogens with one attached hydrogen (secondary N) is 1. The van der Waals surface area contributed by atoms with Crippen molar-refractivity contribution in [3.8, 4) is 5.75 Å². The summed E-state index contributed by atoms with van der Waals surface area (Å²) in [7, 11) is 0. The normalized spacial score (nSPS) is 12.1. The average Bonchev–Trinajstić information content (AvgIpc) is 2.52. The second kappa shape index (κ2) is 7.65. The van der Waals surface area contributed by atoms with Crippen molar-refractivity contribution in [1.82, 2.24) is 10.3 Å². The molecule has 3 nitrogen and oxygen atoms in total. The van der Waals surface area contributed by atoms with Crippen LogP contribution in [0.15, 0.2) is 48.7 Å². The maximum absolute atomic E-state index is 5.65. The number of hydrogen-bond acceptors (Lipinski definition) is 3. The monoisotopic (exact) mass is 270 g/mol. The third-order valence-electron chi connectivity index (χ3n) is 3.12. The molecule has 0 unspecified atom stereocenters. The Morgan fingerprint density at radius 2 is 2.10 bits per heavy atom. The highest BCUT2D eigenvalue weighted by molar-refractivity contribution is 5.28. The van der Waals surface area contributed by atoms with E-state index in [0.29, 0.717) is 0 Å². The standard InChI is InChI=1S/C17H22N2O/c1-3-11-20-16-8-6-7-15(12-16)13-19-14(2)17-9-4-5-10-18-17/h4-10,12,14,19H,3,11,13H2,1-2H3/t14-/m0/s1. The van der Waals surface area contributed by atoms with Crippen LogP contribution < -0.4 is 10.1 Å². The number of rotatable bonds is 7. The largest absolute Gasteiger partial charge is 0.494 e. The molecule has 0 saturated carbocycles. The molecule has 2 aromatic rings. The van der Waals surface area contributed by atoms with Crippen molar-refractivity contribution in [2.45, 2.75) is 32.9 Å². The SMILES string of the molecule is CCCOc1cccc(CN[C@@H](C)c2ccccn2)c1. The highest BCUT2D eigenvalue weighted by Gasteiger charge is 2.05. The molecule has 1 heterocycles. The Bertz CT molecular complexity index is 513. The molecule has 0 bridgehead atoms. The van der Waals surface area contributed by atoms with Gasteiger partial charge in [0.1, 0.15) is 5.75 Å². The lowest BCUT2D eigenvalue weighted by molar-refractivity contribution is 0.317. The average molecular weight is 270 g/mol. The van der Waals surface area contributed by atoms with E-state index in [9.17, 15) is 0 Å². The summed E-state index contributed by atoms with van der Waals surface area (Å²) in [5.41, 5.74) is 2.28. The first kappa shape index (κ1) is 14.5. The first-order valence-electron chi connectivity index (χ1n) is 7.15. The summed E-state index contributed by atoms with van der Waals surface area (Å²) in [6, 6.07) is 14.5. The quantitative estimate of drug-likeness (QED) is 0.832. The molecule has 1 aromatic carbocycles. The van der Waals surface area contributed by atoms with E-state index < -0.39 is 0 Å². The Labute approximate surface area is 121 Å². The molecule has 2 rings (SSSR count). The van der Waals surface area contributed by atoms with Crippen molar-refractivity contribution < 1.29 is 4.74 Å². The van der Waals surface area contributed by atoms with E-state index in [-0.39, 0.29) is 6.04 Å². The van der Waals surface area contributed by atoms with Gasteiger partial charge in [-0.2, -0.15) is 0 Å². The fourth-order valence-electron chi connectivity index (χ4n) is 1.97. The molecule has 0 amide bonds. The van der Waals surface area contributed by atoms with E-state index in [1.165, 1.54) is 5.56 Å². The van der Waals surface area contributed by atoms with Crippen molar-refractivity contribution >= 4 is 0 Å². The molecular weight excluding hydrogens is 248 g/mol. The van der Waals surface area contributed by atoms with Gasteiger partial charge in [-0.1, -0.05) is 25.1 Å². The molecule has 0 fully saturated rings. The van der Waals surface area contributed by atoms with Gasteiger partial charge in [-0.25, -0.2) is 0 Å². The number of ether oxygens (including phenoxy) is 1. The summed E-state index contributed by atoms with van der Waals surface area (Å²) in [4.78, 5) is 4.36. The van der Waals surface area contributed by atoms with Crippen LogP contribution in [0.3, 0.4) is 0 Å². The molecular formula is C17H22N2O. The lowest BCUT2D eigenvalue weighted by Gasteiger charge is -2.14. The summed E-state index contributed by atoms with van der Waals surface area (Å²) in [6.07, 6.45) is 2.85. The van der Waals surface area contributed by atoms with Crippen molar-refractivity contribution in [2.24, 2.45) is 0 Å². The van der Waals surface area contributed by atoms with Crippen molar-refractivity contribution in [3.63, 3.8) is 0 Å². The number of pyridine rings is 1. The molecule has 0 aliphatic rings. The lowest BCUT2D eigenvalue weighted by atomic mass is 10.1. The van der Waals surface area contributed by atoms with Gasteiger partial charge in [0.25, 0.3) is 0 Å². The van der Waals surface area contributed by atoms with Crippen LogP contribution in [0.1, 0.15) is 37.6 Å². The molecule has 0 aliphatic heterocycles. The third-order valence-corrected chi connectivity index (χ3v) is 3.12. The Hall–Kier alpha value is -1.87. The van der Waals surface area contributed by atoms with E-state index in [4.69, 9.17) is 4.74 Å². The van der Waals surface area contributed by atoms with Crippen LogP contribution in [0.4, 0.5) is 0 Å². The summed E-state index contributed by atoms with van der Waals surface area (Å²) in [5, 5.41) is 3.48. The minimum Gasteiger partial charge on any atom is -0.494 e. The predicted octanol–water partition coefficient (Wildman–Crippen LogP) is 3.72. The first-order chi connectivity index (χ1) is 9.79. The van der Waals surface area contributed by atoms with Crippen LogP contribution in [-0.4, -0.2) is 11.6 Å². The van der Waals surface area contributed by atoms with Crippen LogP contribution in [0.25, 0.3) is 0 Å². The van der Waals surface area contributed by atoms with E-state index >= 15 is 0 Å². The van der Waals surface area contributed by atoms with E-state index in [1.54, 1.807) is 0 Å².